The second kappa shape index (κ2) is 9.08. The molecule has 8 heteroatoms. The average molecular weight is 458 g/mol. The molecule has 0 bridgehead atoms. The number of rotatable bonds is 6. The molecule has 1 aromatic carbocycles. The molecular formula is C25H29F2N3O3. The zero-order chi connectivity index (χ0) is 23.8. The Kier molecular flexibility index (Phi) is 6.36. The fourth-order valence-corrected chi connectivity index (χ4v) is 4.44. The number of hydrogen-bond donors (Lipinski definition) is 1. The normalized spacial score (nSPS) is 19.1. The highest BCUT2D eigenvalue weighted by Gasteiger charge is 2.29. The number of carbonyl (C=O) groups is 1. The van der Waals surface area contributed by atoms with Gasteiger partial charge in [-0.1, -0.05) is 19.9 Å². The molecule has 1 fully saturated rings. The van der Waals surface area contributed by atoms with Gasteiger partial charge in [0.25, 0.3) is 11.8 Å². The van der Waals surface area contributed by atoms with Crippen molar-refractivity contribution in [3.05, 3.63) is 47.6 Å². The maximum absolute atomic E-state index is 13.6. The molecule has 0 radical (unpaired) electrons. The van der Waals surface area contributed by atoms with Gasteiger partial charge < -0.3 is 14.5 Å². The second-order valence-corrected chi connectivity index (χ2v) is 9.18. The van der Waals surface area contributed by atoms with Crippen LogP contribution < -0.4 is 10.1 Å². The number of hydrogen-bond acceptors (Lipinski definition) is 5. The molecule has 1 aliphatic rings. The first-order chi connectivity index (χ1) is 15.7. The predicted molar refractivity (Wildman–Crippen MR) is 122 cm³/mol. The zero-order valence-corrected chi connectivity index (χ0v) is 19.3. The SMILES string of the molecule is COc1cc2nc([C@H]3CC[C@H](C(C)C)CC3)oc2cc1NC(=O)c1cccc(C(C)(F)F)n1. The third-order valence-electron chi connectivity index (χ3n) is 6.47. The molecule has 0 atom stereocenters. The summed E-state index contributed by atoms with van der Waals surface area (Å²) in [5.74, 6) is -0.952. The number of pyridine rings is 1. The summed E-state index contributed by atoms with van der Waals surface area (Å²) in [6.07, 6.45) is 4.41. The highest BCUT2D eigenvalue weighted by atomic mass is 19.3. The molecule has 0 aliphatic heterocycles. The van der Waals surface area contributed by atoms with Crippen LogP contribution in [0.15, 0.2) is 34.7 Å². The van der Waals surface area contributed by atoms with Gasteiger partial charge in [-0.05, 0) is 49.7 Å². The monoisotopic (exact) mass is 457 g/mol. The van der Waals surface area contributed by atoms with Crippen molar-refractivity contribution in [1.82, 2.24) is 9.97 Å². The molecule has 33 heavy (non-hydrogen) atoms. The van der Waals surface area contributed by atoms with Gasteiger partial charge in [0.05, 0.1) is 12.8 Å². The molecule has 2 heterocycles. The van der Waals surface area contributed by atoms with Crippen LogP contribution in [0.25, 0.3) is 11.1 Å². The van der Waals surface area contributed by atoms with E-state index in [0.29, 0.717) is 34.3 Å². The number of benzene rings is 1. The van der Waals surface area contributed by atoms with E-state index in [4.69, 9.17) is 9.15 Å². The predicted octanol–water partition coefficient (Wildman–Crippen LogP) is 6.53. The molecule has 176 valence electrons. The Morgan fingerprint density at radius 1 is 1.18 bits per heavy atom. The fraction of sp³-hybridized carbons (Fsp3) is 0.480. The van der Waals surface area contributed by atoms with Gasteiger partial charge in [0.2, 0.25) is 0 Å². The summed E-state index contributed by atoms with van der Waals surface area (Å²) >= 11 is 0. The van der Waals surface area contributed by atoms with Crippen molar-refractivity contribution in [2.45, 2.75) is 58.3 Å². The molecule has 3 aromatic rings. The first-order valence-electron chi connectivity index (χ1n) is 11.3. The number of carbonyl (C=O) groups excluding carboxylic acids is 1. The average Bonchev–Trinajstić information content (AvgIpc) is 3.21. The molecule has 1 N–H and O–H groups in total. The van der Waals surface area contributed by atoms with Crippen molar-refractivity contribution in [1.29, 1.82) is 0 Å². The molecular weight excluding hydrogens is 428 g/mol. The number of methoxy groups -OCH3 is 1. The van der Waals surface area contributed by atoms with Gasteiger partial charge >= 0.3 is 0 Å². The number of oxazole rings is 1. The standard InChI is InChI=1S/C25H29F2N3O3/c1-14(2)15-8-10-16(11-9-15)24-30-19-12-20(32-4)18(13-21(19)33-24)29-23(31)17-6-5-7-22(28-17)25(3,26)27/h5-7,12-16H,8-11H2,1-4H3,(H,29,31)/t15-,16-. The highest BCUT2D eigenvalue weighted by Crippen LogP contribution is 2.40. The van der Waals surface area contributed by atoms with Gasteiger partial charge in [-0.2, -0.15) is 8.78 Å². The number of aromatic nitrogens is 2. The summed E-state index contributed by atoms with van der Waals surface area (Å²) in [5.41, 5.74) is 0.961. The number of halogens is 2. The lowest BCUT2D eigenvalue weighted by molar-refractivity contribution is 0.0126. The van der Waals surface area contributed by atoms with E-state index in [1.807, 2.05) is 0 Å². The summed E-state index contributed by atoms with van der Waals surface area (Å²) in [7, 11) is 1.49. The number of nitrogens with zero attached hydrogens (tertiary/aromatic N) is 2. The quantitative estimate of drug-likeness (QED) is 0.456. The van der Waals surface area contributed by atoms with E-state index in [0.717, 1.165) is 38.5 Å². The van der Waals surface area contributed by atoms with Gasteiger partial charge in [0.1, 0.15) is 22.7 Å². The van der Waals surface area contributed by atoms with E-state index in [-0.39, 0.29) is 11.6 Å². The molecule has 0 unspecified atom stereocenters. The van der Waals surface area contributed by atoms with E-state index < -0.39 is 17.5 Å². The first kappa shape index (κ1) is 23.1. The van der Waals surface area contributed by atoms with Crippen molar-refractivity contribution in [2.24, 2.45) is 11.8 Å². The lowest BCUT2D eigenvalue weighted by atomic mass is 9.77. The van der Waals surface area contributed by atoms with Crippen molar-refractivity contribution in [3.8, 4) is 5.75 Å². The minimum absolute atomic E-state index is 0.114. The molecule has 2 aromatic heterocycles. The number of alkyl halides is 2. The number of ether oxygens (including phenoxy) is 1. The number of amides is 1. The lowest BCUT2D eigenvalue weighted by Crippen LogP contribution is -2.17. The number of nitrogens with one attached hydrogen (secondary N) is 1. The van der Waals surface area contributed by atoms with Crippen molar-refractivity contribution in [3.63, 3.8) is 0 Å². The van der Waals surface area contributed by atoms with Crippen LogP contribution in [0.4, 0.5) is 14.5 Å². The molecule has 4 rings (SSSR count). The largest absolute Gasteiger partial charge is 0.494 e. The number of anilines is 1. The van der Waals surface area contributed by atoms with Crippen molar-refractivity contribution >= 4 is 22.7 Å². The Balaban J connectivity index is 1.56. The van der Waals surface area contributed by atoms with Crippen LogP contribution in [0.1, 0.15) is 74.4 Å². The molecule has 6 nitrogen and oxygen atoms in total. The Bertz CT molecular complexity index is 1150. The van der Waals surface area contributed by atoms with Crippen LogP contribution in [0.3, 0.4) is 0 Å². The van der Waals surface area contributed by atoms with Crippen LogP contribution in [0.2, 0.25) is 0 Å². The summed E-state index contributed by atoms with van der Waals surface area (Å²) in [6, 6.07) is 7.32. The van der Waals surface area contributed by atoms with E-state index in [1.165, 1.54) is 25.3 Å². The highest BCUT2D eigenvalue weighted by molar-refractivity contribution is 6.04. The minimum atomic E-state index is -3.14. The van der Waals surface area contributed by atoms with E-state index in [2.05, 4.69) is 29.1 Å². The second-order valence-electron chi connectivity index (χ2n) is 9.18. The Morgan fingerprint density at radius 2 is 1.91 bits per heavy atom. The van der Waals surface area contributed by atoms with E-state index in [9.17, 15) is 13.6 Å². The van der Waals surface area contributed by atoms with Gasteiger partial charge in [-0.25, -0.2) is 9.97 Å². The third-order valence-corrected chi connectivity index (χ3v) is 6.47. The lowest BCUT2D eigenvalue weighted by Gasteiger charge is -2.29. The summed E-state index contributed by atoms with van der Waals surface area (Å²) in [4.78, 5) is 21.2. The minimum Gasteiger partial charge on any atom is -0.494 e. The maximum atomic E-state index is 13.6. The molecule has 1 amide bonds. The zero-order valence-electron chi connectivity index (χ0n) is 19.3. The summed E-state index contributed by atoms with van der Waals surface area (Å²) in [5, 5.41) is 2.70. The maximum Gasteiger partial charge on any atom is 0.287 e. The summed E-state index contributed by atoms with van der Waals surface area (Å²) in [6.45, 7) is 5.28. The van der Waals surface area contributed by atoms with Crippen molar-refractivity contribution < 1.29 is 22.7 Å². The smallest absolute Gasteiger partial charge is 0.287 e. The van der Waals surface area contributed by atoms with Crippen LogP contribution >= 0.6 is 0 Å². The topological polar surface area (TPSA) is 77.3 Å². The Labute approximate surface area is 191 Å². The Hall–Kier alpha value is -3.03. The van der Waals surface area contributed by atoms with Crippen LogP contribution in [-0.2, 0) is 5.92 Å². The molecule has 1 saturated carbocycles. The van der Waals surface area contributed by atoms with Crippen LogP contribution in [0, 0.1) is 11.8 Å². The fourth-order valence-electron chi connectivity index (χ4n) is 4.44. The number of fused-ring (bicyclic) bond motifs is 1. The third kappa shape index (κ3) is 4.99. The van der Waals surface area contributed by atoms with Crippen LogP contribution in [-0.4, -0.2) is 23.0 Å². The van der Waals surface area contributed by atoms with E-state index >= 15 is 0 Å². The van der Waals surface area contributed by atoms with Gasteiger partial charge in [-0.15, -0.1) is 0 Å². The van der Waals surface area contributed by atoms with Gasteiger partial charge in [0.15, 0.2) is 11.5 Å². The molecule has 0 spiro atoms. The summed E-state index contributed by atoms with van der Waals surface area (Å²) < 4.78 is 38.7. The molecule has 1 aliphatic carbocycles. The van der Waals surface area contributed by atoms with Gasteiger partial charge in [0, 0.05) is 25.0 Å². The van der Waals surface area contributed by atoms with Crippen LogP contribution in [0.5, 0.6) is 5.75 Å². The van der Waals surface area contributed by atoms with Gasteiger partial charge in [-0.3, -0.25) is 4.79 Å². The van der Waals surface area contributed by atoms with E-state index in [1.54, 1.807) is 12.1 Å². The first-order valence-corrected chi connectivity index (χ1v) is 11.3. The molecule has 0 saturated heterocycles. The van der Waals surface area contributed by atoms with Crippen molar-refractivity contribution in [2.75, 3.05) is 12.4 Å². The Morgan fingerprint density at radius 3 is 2.55 bits per heavy atom.